The maximum Gasteiger partial charge on any atom is 0.388 e. The fourth-order valence-corrected chi connectivity index (χ4v) is 1.76. The molecule has 2 unspecified atom stereocenters. The van der Waals surface area contributed by atoms with Crippen LogP contribution in [-0.4, -0.2) is 58.7 Å². The molecule has 0 aliphatic heterocycles. The molecule has 2 atom stereocenters. The predicted octanol–water partition coefficient (Wildman–Crippen LogP) is 2.27. The van der Waals surface area contributed by atoms with Gasteiger partial charge < -0.3 is 10.2 Å². The van der Waals surface area contributed by atoms with E-state index in [1.54, 1.807) is 0 Å². The lowest BCUT2D eigenvalue weighted by molar-refractivity contribution is -0.449. The highest BCUT2D eigenvalue weighted by Crippen LogP contribution is 2.58. The lowest BCUT2D eigenvalue weighted by Gasteiger charge is -2.42. The van der Waals surface area contributed by atoms with Crippen LogP contribution in [0.3, 0.4) is 0 Å². The number of rotatable bonds is 8. The molecule has 0 aliphatic carbocycles. The number of nitrogens with one attached hydrogen (secondary N) is 1. The molecule has 168 valence electrons. The molecule has 0 amide bonds. The first-order valence-corrected chi connectivity index (χ1v) is 7.06. The Labute approximate surface area is 144 Å². The SMILES string of the molecule is O=S(=O)(O)NC(F)(F)C(F)(F)C(O)(F)C(F)(F)C(F)(F)C(O)(F)C(F)=C(F)F. The molecule has 0 aromatic heterocycles. The van der Waals surface area contributed by atoms with Crippen molar-refractivity contribution in [1.29, 1.82) is 0 Å². The second-order valence-electron chi connectivity index (χ2n) is 4.69. The molecule has 6 nitrogen and oxygen atoms in total. The zero-order valence-corrected chi connectivity index (χ0v) is 12.8. The maximum atomic E-state index is 13.4. The number of hydrogen-bond acceptors (Lipinski definition) is 4. The molecule has 4 N–H and O–H groups in total. The Hall–Kier alpha value is -1.38. The molecule has 20 heteroatoms. The summed E-state index contributed by atoms with van der Waals surface area (Å²) < 4.78 is 195. The summed E-state index contributed by atoms with van der Waals surface area (Å²) in [7, 11) is -6.54. The first-order valence-electron chi connectivity index (χ1n) is 5.62. The van der Waals surface area contributed by atoms with Gasteiger partial charge in [-0.15, -0.1) is 4.72 Å². The monoisotopic (exact) mass is 473 g/mol. The third-order valence-electron chi connectivity index (χ3n) is 2.75. The average Bonchev–Trinajstić information content (AvgIpc) is 2.42. The minimum Gasteiger partial charge on any atom is -0.352 e. The van der Waals surface area contributed by atoms with Crippen LogP contribution in [0, 0.1) is 0 Å². The molecule has 0 fully saturated rings. The Morgan fingerprint density at radius 2 is 1.07 bits per heavy atom. The standard InChI is InChI=1S/C8H4F13NO5S/c9-1(2(10)11)3(12,23)4(13,14)5(15,16)7(19,24)6(17,18)8(20,21)22-28(25,26)27/h22-24H,(H,25,26,27). The van der Waals surface area contributed by atoms with E-state index in [0.717, 1.165) is 0 Å². The Morgan fingerprint density at radius 3 is 1.36 bits per heavy atom. The summed E-state index contributed by atoms with van der Waals surface area (Å²) in [4.78, 5) is 0. The van der Waals surface area contributed by atoms with Gasteiger partial charge in [0.25, 0.3) is 0 Å². The van der Waals surface area contributed by atoms with Gasteiger partial charge in [0, 0.05) is 0 Å². The van der Waals surface area contributed by atoms with Gasteiger partial charge >= 0.3 is 51.9 Å². The van der Waals surface area contributed by atoms with E-state index in [0.29, 0.717) is 0 Å². The van der Waals surface area contributed by atoms with Crippen LogP contribution in [0.4, 0.5) is 57.1 Å². The lowest BCUT2D eigenvalue weighted by atomic mass is 9.91. The van der Waals surface area contributed by atoms with Crippen LogP contribution in [-0.2, 0) is 10.3 Å². The van der Waals surface area contributed by atoms with Crippen molar-refractivity contribution < 1.29 is 80.3 Å². The molecule has 0 bridgehead atoms. The zero-order valence-electron chi connectivity index (χ0n) is 12.0. The normalized spacial score (nSPS) is 19.0. The predicted molar refractivity (Wildman–Crippen MR) is 56.9 cm³/mol. The second-order valence-corrected chi connectivity index (χ2v) is 5.85. The average molecular weight is 473 g/mol. The molecule has 0 aromatic carbocycles. The summed E-state index contributed by atoms with van der Waals surface area (Å²) in [6.07, 6.45) is -4.31. The summed E-state index contributed by atoms with van der Waals surface area (Å²) in [5, 5.41) is 16.4. The van der Waals surface area contributed by atoms with Gasteiger partial charge in [0.05, 0.1) is 0 Å². The van der Waals surface area contributed by atoms with Gasteiger partial charge in [0.15, 0.2) is 0 Å². The van der Waals surface area contributed by atoms with Crippen molar-refractivity contribution in [2.24, 2.45) is 0 Å². The highest BCUT2D eigenvalue weighted by molar-refractivity contribution is 7.83. The van der Waals surface area contributed by atoms with E-state index in [9.17, 15) is 65.5 Å². The van der Waals surface area contributed by atoms with Crippen LogP contribution in [0.2, 0.25) is 0 Å². The quantitative estimate of drug-likeness (QED) is 0.246. The van der Waals surface area contributed by atoms with E-state index in [1.807, 2.05) is 0 Å². The van der Waals surface area contributed by atoms with Crippen molar-refractivity contribution >= 4 is 10.3 Å². The van der Waals surface area contributed by atoms with E-state index in [-0.39, 0.29) is 0 Å². The summed E-state index contributed by atoms with van der Waals surface area (Å²) in [5.41, 5.74) is 0. The van der Waals surface area contributed by atoms with Crippen molar-refractivity contribution in [2.75, 3.05) is 0 Å². The molecular weight excluding hydrogens is 469 g/mol. The summed E-state index contributed by atoms with van der Waals surface area (Å²) in [6, 6.07) is -7.07. The van der Waals surface area contributed by atoms with E-state index in [1.165, 1.54) is 0 Å². The number of hydrogen-bond donors (Lipinski definition) is 4. The van der Waals surface area contributed by atoms with Crippen molar-refractivity contribution in [3.05, 3.63) is 11.9 Å². The summed E-state index contributed by atoms with van der Waals surface area (Å²) in [6.45, 7) is 0. The molecule has 0 saturated carbocycles. The van der Waals surface area contributed by atoms with Gasteiger partial charge in [-0.25, -0.2) is 0 Å². The summed E-state index contributed by atoms with van der Waals surface area (Å²) >= 11 is 0. The minimum absolute atomic E-state index is 0.948. The molecule has 0 radical (unpaired) electrons. The topological polar surface area (TPSA) is 107 Å². The maximum absolute atomic E-state index is 13.4. The van der Waals surface area contributed by atoms with Crippen LogP contribution in [0.25, 0.3) is 0 Å². The Kier molecular flexibility index (Phi) is 6.51. The Morgan fingerprint density at radius 1 is 0.714 bits per heavy atom. The number of halogens is 13. The van der Waals surface area contributed by atoms with Crippen LogP contribution in [0.1, 0.15) is 0 Å². The third kappa shape index (κ3) is 3.86. The molecule has 0 rings (SSSR count). The molecular formula is C8H4F13NO5S. The van der Waals surface area contributed by atoms with Crippen molar-refractivity contribution in [3.63, 3.8) is 0 Å². The molecule has 0 spiro atoms. The van der Waals surface area contributed by atoms with Crippen LogP contribution >= 0.6 is 0 Å². The minimum atomic E-state index is -8.07. The molecule has 0 saturated heterocycles. The highest BCUT2D eigenvalue weighted by atomic mass is 32.2. The lowest BCUT2D eigenvalue weighted by Crippen LogP contribution is -2.75. The van der Waals surface area contributed by atoms with Gasteiger partial charge in [-0.2, -0.15) is 65.5 Å². The first-order chi connectivity index (χ1) is 11.8. The van der Waals surface area contributed by atoms with Crippen LogP contribution in [0.15, 0.2) is 11.9 Å². The van der Waals surface area contributed by atoms with E-state index < -0.39 is 62.5 Å². The van der Waals surface area contributed by atoms with Crippen LogP contribution < -0.4 is 4.72 Å². The van der Waals surface area contributed by atoms with Crippen molar-refractivity contribution in [2.45, 2.75) is 35.5 Å². The van der Waals surface area contributed by atoms with E-state index in [4.69, 9.17) is 14.8 Å². The molecule has 0 heterocycles. The van der Waals surface area contributed by atoms with Crippen LogP contribution in [0.5, 0.6) is 0 Å². The Balaban J connectivity index is 6.64. The van der Waals surface area contributed by atoms with Crippen molar-refractivity contribution in [1.82, 2.24) is 4.72 Å². The zero-order chi connectivity index (χ0) is 23.4. The van der Waals surface area contributed by atoms with Gasteiger partial charge in [-0.05, 0) is 0 Å². The second kappa shape index (κ2) is 6.85. The molecule has 28 heavy (non-hydrogen) atoms. The number of alkyl halides is 10. The molecule has 0 aromatic rings. The first kappa shape index (κ1) is 26.6. The highest BCUT2D eigenvalue weighted by Gasteiger charge is 2.89. The summed E-state index contributed by atoms with van der Waals surface area (Å²) in [5.74, 6) is -43.0. The fraction of sp³-hybridized carbons (Fsp3) is 0.750. The van der Waals surface area contributed by atoms with Crippen molar-refractivity contribution in [3.8, 4) is 0 Å². The third-order valence-corrected chi connectivity index (χ3v) is 3.27. The van der Waals surface area contributed by atoms with E-state index >= 15 is 0 Å². The largest absolute Gasteiger partial charge is 0.388 e. The smallest absolute Gasteiger partial charge is 0.352 e. The van der Waals surface area contributed by atoms with Gasteiger partial charge in [0.1, 0.15) is 0 Å². The Bertz CT molecular complexity index is 742. The van der Waals surface area contributed by atoms with Gasteiger partial charge in [-0.3, -0.25) is 4.55 Å². The van der Waals surface area contributed by atoms with Gasteiger partial charge in [0.2, 0.25) is 5.83 Å². The fourth-order valence-electron chi connectivity index (χ4n) is 1.31. The van der Waals surface area contributed by atoms with E-state index in [2.05, 4.69) is 0 Å². The molecule has 0 aliphatic rings. The van der Waals surface area contributed by atoms with Gasteiger partial charge in [-0.1, -0.05) is 0 Å². The number of aliphatic hydroxyl groups is 2.